The zero-order chi connectivity index (χ0) is 15.6. The van der Waals surface area contributed by atoms with E-state index in [4.69, 9.17) is 0 Å². The van der Waals surface area contributed by atoms with Crippen molar-refractivity contribution in [3.8, 4) is 0 Å². The van der Waals surface area contributed by atoms with Crippen molar-refractivity contribution in [3.63, 3.8) is 0 Å². The Hall–Kier alpha value is 0.576. The topological polar surface area (TPSA) is 74.6 Å². The Morgan fingerprint density at radius 3 is 1.62 bits per heavy atom. The van der Waals surface area contributed by atoms with Gasteiger partial charge in [-0.25, -0.2) is 0 Å². The molecule has 0 aromatic rings. The molecule has 0 atom stereocenters. The molecule has 0 aliphatic heterocycles. The summed E-state index contributed by atoms with van der Waals surface area (Å²) in [4.78, 5) is 22.7. The Bertz CT molecular complexity index is 295. The molecule has 0 aliphatic rings. The first-order chi connectivity index (χ1) is 9.39. The van der Waals surface area contributed by atoms with Gasteiger partial charge in [-0.15, -0.1) is 0 Å². The quantitative estimate of drug-likeness (QED) is 0.323. The molecule has 0 radical (unpaired) electrons. The van der Waals surface area contributed by atoms with Crippen molar-refractivity contribution in [3.05, 3.63) is 0 Å². The van der Waals surface area contributed by atoms with Crippen LogP contribution in [0.5, 0.6) is 0 Å². The maximum absolute atomic E-state index is 11.4. The first kappa shape index (κ1) is 23.8. The number of hydrogen-bond donors (Lipinski definition) is 2. The number of aliphatic carboxylic acids is 2. The molecule has 0 heterocycles. The van der Waals surface area contributed by atoms with Crippen LogP contribution in [0.1, 0.15) is 80.0 Å². The van der Waals surface area contributed by atoms with E-state index < -0.39 is 23.3 Å². The Kier molecular flexibility index (Phi) is 14.8. The second kappa shape index (κ2) is 13.1. The van der Waals surface area contributed by atoms with Crippen molar-refractivity contribution in [2.24, 2.45) is 11.3 Å². The van der Waals surface area contributed by atoms with Gasteiger partial charge in [-0.3, -0.25) is 9.59 Å². The van der Waals surface area contributed by atoms with Crippen LogP contribution in [0.2, 0.25) is 0 Å². The first-order valence-electron chi connectivity index (χ1n) is 7.86. The van der Waals surface area contributed by atoms with Crippen molar-refractivity contribution in [1.29, 1.82) is 0 Å². The summed E-state index contributed by atoms with van der Waals surface area (Å²) in [5, 5.41) is 18.6. The second-order valence-electron chi connectivity index (χ2n) is 5.96. The molecule has 120 valence electrons. The zero-order valence-electron chi connectivity index (χ0n) is 15.2. The van der Waals surface area contributed by atoms with E-state index >= 15 is 0 Å². The van der Waals surface area contributed by atoms with Crippen molar-refractivity contribution >= 4 is 11.9 Å². The van der Waals surface area contributed by atoms with E-state index in [2.05, 4.69) is 6.92 Å². The maximum Gasteiger partial charge on any atom is 1.00 e. The van der Waals surface area contributed by atoms with Gasteiger partial charge in [-0.05, 0) is 12.3 Å². The summed E-state index contributed by atoms with van der Waals surface area (Å²) in [6.07, 6.45) is 9.03. The minimum atomic E-state index is -1.62. The zero-order valence-corrected chi connectivity index (χ0v) is 17.3. The van der Waals surface area contributed by atoms with Crippen LogP contribution in [0.3, 0.4) is 0 Å². The molecule has 2 N–H and O–H groups in total. The van der Waals surface area contributed by atoms with Crippen molar-refractivity contribution in [2.45, 2.75) is 78.6 Å². The average molecular weight is 327 g/mol. The summed E-state index contributed by atoms with van der Waals surface area (Å²) in [7, 11) is 0. The van der Waals surface area contributed by atoms with E-state index in [9.17, 15) is 19.8 Å². The van der Waals surface area contributed by atoms with E-state index in [1.165, 1.54) is 25.7 Å². The van der Waals surface area contributed by atoms with Crippen molar-refractivity contribution < 1.29 is 72.6 Å². The molecule has 0 aliphatic carbocycles. The van der Waals surface area contributed by atoms with E-state index in [-0.39, 0.29) is 59.2 Å². The molecule has 0 rings (SSSR count). The summed E-state index contributed by atoms with van der Waals surface area (Å²) in [5.41, 5.74) is -1.62. The Morgan fingerprint density at radius 1 is 0.905 bits per heavy atom. The third kappa shape index (κ3) is 8.12. The first-order valence-corrected chi connectivity index (χ1v) is 7.86. The van der Waals surface area contributed by atoms with E-state index in [1.807, 2.05) is 0 Å². The summed E-state index contributed by atoms with van der Waals surface area (Å²) in [6, 6.07) is 0. The predicted octanol–water partition coefficient (Wildman–Crippen LogP) is 1.45. The van der Waals surface area contributed by atoms with Crippen LogP contribution in [0.25, 0.3) is 0 Å². The van der Waals surface area contributed by atoms with E-state index in [1.54, 1.807) is 13.8 Å². The predicted molar refractivity (Wildman–Crippen MR) is 80.9 cm³/mol. The fourth-order valence-electron chi connectivity index (χ4n) is 2.63. The molecular formula is C16H31KO4. The molecule has 0 unspecified atom stereocenters. The van der Waals surface area contributed by atoms with Gasteiger partial charge in [0, 0.05) is 0 Å². The molecule has 0 fully saturated rings. The third-order valence-electron chi connectivity index (χ3n) is 4.17. The third-order valence-corrected chi connectivity index (χ3v) is 4.17. The molecule has 0 aromatic carbocycles. The number of carbonyl (C=O) groups is 2. The van der Waals surface area contributed by atoms with Crippen LogP contribution in [0.4, 0.5) is 0 Å². The van der Waals surface area contributed by atoms with Crippen LogP contribution < -0.4 is 51.4 Å². The number of carboxylic acids is 2. The molecule has 21 heavy (non-hydrogen) atoms. The smallest absolute Gasteiger partial charge is 1.00 e. The molecule has 0 aromatic heterocycles. The largest absolute Gasteiger partial charge is 1.00 e. The molecule has 0 spiro atoms. The molecule has 5 heteroatoms. The SMILES string of the molecule is CCCCCCCCCCC(C(=O)O)(C(=O)O)C(C)C.[H-].[K+]. The van der Waals surface area contributed by atoms with Crippen LogP contribution in [0.15, 0.2) is 0 Å². The molecule has 0 amide bonds. The molecule has 0 saturated carbocycles. The fourth-order valence-corrected chi connectivity index (χ4v) is 2.63. The average Bonchev–Trinajstić information content (AvgIpc) is 2.35. The van der Waals surface area contributed by atoms with Gasteiger partial charge in [0.05, 0.1) is 0 Å². The van der Waals surface area contributed by atoms with Crippen LogP contribution in [-0.4, -0.2) is 22.2 Å². The van der Waals surface area contributed by atoms with E-state index in [0.717, 1.165) is 19.3 Å². The van der Waals surface area contributed by atoms with Gasteiger partial charge in [-0.2, -0.15) is 0 Å². The van der Waals surface area contributed by atoms with Crippen molar-refractivity contribution in [2.75, 3.05) is 0 Å². The monoisotopic (exact) mass is 326 g/mol. The Morgan fingerprint density at radius 2 is 1.29 bits per heavy atom. The molecule has 0 saturated heterocycles. The van der Waals surface area contributed by atoms with Gasteiger partial charge in [0.15, 0.2) is 5.41 Å². The van der Waals surface area contributed by atoms with Gasteiger partial charge in [-0.1, -0.05) is 72.1 Å². The summed E-state index contributed by atoms with van der Waals surface area (Å²) in [5.74, 6) is -2.81. The van der Waals surface area contributed by atoms with E-state index in [0.29, 0.717) is 6.42 Å². The summed E-state index contributed by atoms with van der Waals surface area (Å²) >= 11 is 0. The summed E-state index contributed by atoms with van der Waals surface area (Å²) in [6.45, 7) is 5.53. The second-order valence-corrected chi connectivity index (χ2v) is 5.96. The van der Waals surface area contributed by atoms with Gasteiger partial charge >= 0.3 is 63.3 Å². The van der Waals surface area contributed by atoms with Crippen LogP contribution in [-0.2, 0) is 9.59 Å². The Balaban J connectivity index is -0.00000180. The minimum absolute atomic E-state index is 0. The van der Waals surface area contributed by atoms with Crippen LogP contribution >= 0.6 is 0 Å². The van der Waals surface area contributed by atoms with Gasteiger partial charge in [0.2, 0.25) is 0 Å². The van der Waals surface area contributed by atoms with Crippen molar-refractivity contribution in [1.82, 2.24) is 0 Å². The fraction of sp³-hybridized carbons (Fsp3) is 0.875. The normalized spacial score (nSPS) is 11.2. The standard InChI is InChI=1S/C16H30O4.K.H/c1-4-5-6-7-8-9-10-11-12-16(13(2)3,14(17)18)15(19)20;;/h13H,4-12H2,1-3H3,(H,17,18)(H,19,20);;/q;+1;-1. The number of rotatable bonds is 12. The Labute approximate surface area is 173 Å². The molecule has 0 bridgehead atoms. The van der Waals surface area contributed by atoms with Gasteiger partial charge in [0.25, 0.3) is 0 Å². The molecule has 4 nitrogen and oxygen atoms in total. The van der Waals surface area contributed by atoms with Gasteiger partial charge < -0.3 is 11.6 Å². The maximum atomic E-state index is 11.4. The molecular weight excluding hydrogens is 295 g/mol. The number of unbranched alkanes of at least 4 members (excludes halogenated alkanes) is 7. The van der Waals surface area contributed by atoms with Gasteiger partial charge in [0.1, 0.15) is 0 Å². The summed E-state index contributed by atoms with van der Waals surface area (Å²) < 4.78 is 0. The minimum Gasteiger partial charge on any atom is -1.00 e. The van der Waals surface area contributed by atoms with Crippen LogP contribution in [0, 0.1) is 11.3 Å². The number of hydrogen-bond acceptors (Lipinski definition) is 2. The number of carboxylic acid groups (broad SMARTS) is 2.